The molecule has 0 spiro atoms. The number of hydrogen-bond acceptors (Lipinski definition) is 6. The van der Waals surface area contributed by atoms with Gasteiger partial charge in [0, 0.05) is 49.7 Å². The lowest BCUT2D eigenvalue weighted by Gasteiger charge is -2.35. The first-order chi connectivity index (χ1) is 15.7. The van der Waals surface area contributed by atoms with Crippen LogP contribution in [0.25, 0.3) is 21.8 Å². The van der Waals surface area contributed by atoms with Gasteiger partial charge in [-0.3, -0.25) is 19.8 Å². The second-order valence-corrected chi connectivity index (χ2v) is 7.86. The van der Waals surface area contributed by atoms with Crippen LogP contribution in [0.1, 0.15) is 13.8 Å². The molecule has 1 saturated heterocycles. The smallest absolute Gasteiger partial charge is 0.260 e. The first-order valence-corrected chi connectivity index (χ1v) is 11.4. The van der Waals surface area contributed by atoms with Crippen LogP contribution in [0, 0.1) is 0 Å². The van der Waals surface area contributed by atoms with Gasteiger partial charge in [-0.1, -0.05) is 37.6 Å². The van der Waals surface area contributed by atoms with Crippen LogP contribution < -0.4 is 15.8 Å². The molecule has 0 radical (unpaired) electrons. The van der Waals surface area contributed by atoms with Gasteiger partial charge in [-0.2, -0.15) is 5.10 Å². The highest BCUT2D eigenvalue weighted by Gasteiger charge is 2.20. The maximum atomic E-state index is 12.2. The van der Waals surface area contributed by atoms with Crippen molar-refractivity contribution in [2.75, 3.05) is 49.5 Å². The minimum absolute atomic E-state index is 0.190. The summed E-state index contributed by atoms with van der Waals surface area (Å²) in [7, 11) is 0. The molecule has 0 unspecified atom stereocenters. The number of benzene rings is 2. The lowest BCUT2D eigenvalue weighted by atomic mass is 10.2. The van der Waals surface area contributed by atoms with E-state index in [1.807, 2.05) is 32.0 Å². The number of fused-ring (bicyclic) bond motifs is 2. The second-order valence-electron chi connectivity index (χ2n) is 7.42. The van der Waals surface area contributed by atoms with Crippen molar-refractivity contribution >= 4 is 45.2 Å². The van der Waals surface area contributed by atoms with Crippen LogP contribution in [0.4, 0.5) is 11.8 Å². The summed E-state index contributed by atoms with van der Waals surface area (Å²) in [5.41, 5.74) is 1.51. The fourth-order valence-corrected chi connectivity index (χ4v) is 4.07. The average Bonchev–Trinajstić information content (AvgIpc) is 3.26. The monoisotopic (exact) mass is 453 g/mol. The van der Waals surface area contributed by atoms with Crippen LogP contribution in [0.5, 0.6) is 0 Å². The molecule has 3 heterocycles. The van der Waals surface area contributed by atoms with E-state index in [1.54, 1.807) is 18.2 Å². The third-order valence-electron chi connectivity index (χ3n) is 5.51. The van der Waals surface area contributed by atoms with Crippen molar-refractivity contribution in [3.05, 3.63) is 57.8 Å². The van der Waals surface area contributed by atoms with Gasteiger partial charge >= 0.3 is 0 Å². The first kappa shape index (κ1) is 22.1. The number of para-hydroxylation sites is 1. The van der Waals surface area contributed by atoms with Gasteiger partial charge < -0.3 is 10.2 Å². The summed E-state index contributed by atoms with van der Waals surface area (Å²) in [6, 6.07) is 13.3. The molecule has 1 aliphatic rings. The van der Waals surface area contributed by atoms with E-state index in [0.717, 1.165) is 44.1 Å². The minimum atomic E-state index is -0.190. The third kappa shape index (κ3) is 4.71. The Bertz CT molecular complexity index is 1240. The molecule has 168 valence electrons. The lowest BCUT2D eigenvalue weighted by Crippen LogP contribution is -2.47. The summed E-state index contributed by atoms with van der Waals surface area (Å²) < 4.78 is 0. The summed E-state index contributed by atoms with van der Waals surface area (Å²) in [4.78, 5) is 24.2. The fourth-order valence-electron chi connectivity index (χ4n) is 3.90. The first-order valence-electron chi connectivity index (χ1n) is 11.0. The Hall–Kier alpha value is -3.10. The van der Waals surface area contributed by atoms with Crippen molar-refractivity contribution in [2.45, 2.75) is 13.8 Å². The fraction of sp³-hybridized carbons (Fsp3) is 0.348. The molecule has 9 heteroatoms. The molecule has 0 amide bonds. The van der Waals surface area contributed by atoms with E-state index in [1.165, 1.54) is 5.39 Å². The Labute approximate surface area is 191 Å². The highest BCUT2D eigenvalue weighted by atomic mass is 35.5. The van der Waals surface area contributed by atoms with Gasteiger partial charge in [-0.25, -0.2) is 4.98 Å². The molecule has 1 fully saturated rings. The van der Waals surface area contributed by atoms with Crippen molar-refractivity contribution in [1.29, 1.82) is 0 Å². The highest BCUT2D eigenvalue weighted by Crippen LogP contribution is 2.24. The van der Waals surface area contributed by atoms with Gasteiger partial charge in [-0.15, -0.1) is 0 Å². The number of aromatic nitrogens is 4. The number of halogens is 1. The van der Waals surface area contributed by atoms with Gasteiger partial charge in [0.15, 0.2) is 5.82 Å². The number of nitrogens with zero attached hydrogens (tertiary/aromatic N) is 4. The van der Waals surface area contributed by atoms with Crippen LogP contribution >= 0.6 is 11.6 Å². The van der Waals surface area contributed by atoms with E-state index < -0.39 is 0 Å². The minimum Gasteiger partial charge on any atom is -0.354 e. The second kappa shape index (κ2) is 10.0. The molecule has 3 N–H and O–H groups in total. The zero-order valence-corrected chi connectivity index (χ0v) is 19.1. The van der Waals surface area contributed by atoms with E-state index in [0.29, 0.717) is 28.4 Å². The van der Waals surface area contributed by atoms with Crippen molar-refractivity contribution in [1.82, 2.24) is 25.1 Å². The van der Waals surface area contributed by atoms with Crippen LogP contribution in [-0.2, 0) is 0 Å². The largest absolute Gasteiger partial charge is 0.354 e. The number of anilines is 2. The Morgan fingerprint density at radius 2 is 1.84 bits per heavy atom. The summed E-state index contributed by atoms with van der Waals surface area (Å²) in [6.45, 7) is 9.36. The summed E-state index contributed by atoms with van der Waals surface area (Å²) in [6.07, 6.45) is 0. The molecule has 0 atom stereocenters. The molecular weight excluding hydrogens is 426 g/mol. The zero-order chi connectivity index (χ0) is 22.5. The standard InChI is InChI=1S/C21H22ClN7O.C2H6/c22-14-5-6-17-16(13-14)20(30)25-21(24-17)23-7-8-28-9-11-29(12-10-28)19-15-3-1-2-4-18(15)26-27-19;1-2/h1-6,13H,7-12H2,(H,26,27)(H2,23,24,25,30);1-2H3. The molecule has 0 bridgehead atoms. The maximum absolute atomic E-state index is 12.2. The number of piperazine rings is 1. The predicted molar refractivity (Wildman–Crippen MR) is 132 cm³/mol. The summed E-state index contributed by atoms with van der Waals surface area (Å²) in [5, 5.41) is 13.0. The summed E-state index contributed by atoms with van der Waals surface area (Å²) in [5.74, 6) is 1.51. The normalized spacial score (nSPS) is 14.4. The summed E-state index contributed by atoms with van der Waals surface area (Å²) >= 11 is 5.96. The van der Waals surface area contributed by atoms with E-state index >= 15 is 0 Å². The number of H-pyrrole nitrogens is 2. The van der Waals surface area contributed by atoms with Crippen molar-refractivity contribution in [3.63, 3.8) is 0 Å². The predicted octanol–water partition coefficient (Wildman–Crippen LogP) is 3.71. The van der Waals surface area contributed by atoms with E-state index in [-0.39, 0.29) is 5.56 Å². The molecule has 0 saturated carbocycles. The molecule has 2 aromatic carbocycles. The van der Waals surface area contributed by atoms with Gasteiger partial charge in [0.2, 0.25) is 5.95 Å². The Balaban J connectivity index is 0.00000119. The van der Waals surface area contributed by atoms with E-state index in [9.17, 15) is 4.79 Å². The van der Waals surface area contributed by atoms with Gasteiger partial charge in [-0.05, 0) is 30.3 Å². The van der Waals surface area contributed by atoms with E-state index in [2.05, 4.69) is 41.3 Å². The Kier molecular flexibility index (Phi) is 6.92. The van der Waals surface area contributed by atoms with Crippen LogP contribution in [0.3, 0.4) is 0 Å². The topological polar surface area (TPSA) is 92.9 Å². The van der Waals surface area contributed by atoms with Crippen LogP contribution in [0.2, 0.25) is 5.02 Å². The van der Waals surface area contributed by atoms with Gasteiger partial charge in [0.25, 0.3) is 5.56 Å². The zero-order valence-electron chi connectivity index (χ0n) is 18.4. The molecule has 1 aliphatic heterocycles. The quantitative estimate of drug-likeness (QED) is 0.426. The van der Waals surface area contributed by atoms with Crippen molar-refractivity contribution in [3.8, 4) is 0 Å². The van der Waals surface area contributed by atoms with Crippen molar-refractivity contribution < 1.29 is 0 Å². The number of hydrogen-bond donors (Lipinski definition) is 3. The number of aromatic amines is 2. The van der Waals surface area contributed by atoms with Gasteiger partial charge in [0.05, 0.1) is 16.4 Å². The van der Waals surface area contributed by atoms with Gasteiger partial charge in [0.1, 0.15) is 0 Å². The molecule has 8 nitrogen and oxygen atoms in total. The molecular formula is C23H28ClN7O. The molecule has 4 aromatic rings. The average molecular weight is 454 g/mol. The lowest BCUT2D eigenvalue weighted by molar-refractivity contribution is 0.267. The van der Waals surface area contributed by atoms with Crippen LogP contribution in [0.15, 0.2) is 47.3 Å². The molecule has 5 rings (SSSR count). The number of rotatable bonds is 5. The Morgan fingerprint density at radius 1 is 1.06 bits per heavy atom. The van der Waals surface area contributed by atoms with Crippen molar-refractivity contribution in [2.24, 2.45) is 0 Å². The maximum Gasteiger partial charge on any atom is 0.260 e. The Morgan fingerprint density at radius 3 is 2.66 bits per heavy atom. The molecule has 0 aliphatic carbocycles. The molecule has 2 aromatic heterocycles. The molecule has 32 heavy (non-hydrogen) atoms. The highest BCUT2D eigenvalue weighted by molar-refractivity contribution is 6.31. The van der Waals surface area contributed by atoms with Crippen LogP contribution in [-0.4, -0.2) is 64.3 Å². The van der Waals surface area contributed by atoms with E-state index in [4.69, 9.17) is 11.6 Å². The number of nitrogens with one attached hydrogen (secondary N) is 3. The third-order valence-corrected chi connectivity index (χ3v) is 5.75. The SMILES string of the molecule is CC.O=c1[nH]c(NCCN2CCN(c3n[nH]c4ccccc34)CC2)nc2ccc(Cl)cc12.